The molecule has 0 fully saturated rings. The molecule has 6 heteroatoms. The van der Waals surface area contributed by atoms with Gasteiger partial charge in [0.15, 0.2) is 0 Å². The minimum atomic E-state index is -1.00. The van der Waals surface area contributed by atoms with Crippen LogP contribution < -0.4 is 5.32 Å². The van der Waals surface area contributed by atoms with Gasteiger partial charge in [-0.2, -0.15) is 5.10 Å². The Morgan fingerprint density at radius 3 is 3.00 bits per heavy atom. The number of benzene rings is 1. The second-order valence-electron chi connectivity index (χ2n) is 4.17. The van der Waals surface area contributed by atoms with Crippen molar-refractivity contribution >= 4 is 23.4 Å². The van der Waals surface area contributed by atoms with Gasteiger partial charge in [0.25, 0.3) is 0 Å². The van der Waals surface area contributed by atoms with E-state index in [1.165, 1.54) is 0 Å². The SMILES string of the molecule is O=C(O)C1=CC(c2cccc(Cl)c2)n2nccc2N1. The van der Waals surface area contributed by atoms with E-state index >= 15 is 0 Å². The fourth-order valence-corrected chi connectivity index (χ4v) is 2.29. The van der Waals surface area contributed by atoms with E-state index < -0.39 is 5.97 Å². The fourth-order valence-electron chi connectivity index (χ4n) is 2.10. The summed E-state index contributed by atoms with van der Waals surface area (Å²) in [6.07, 6.45) is 3.24. The van der Waals surface area contributed by atoms with Crippen molar-refractivity contribution in [2.45, 2.75) is 6.04 Å². The molecule has 0 spiro atoms. The van der Waals surface area contributed by atoms with Gasteiger partial charge in [0.1, 0.15) is 11.5 Å². The van der Waals surface area contributed by atoms with E-state index in [-0.39, 0.29) is 11.7 Å². The molecule has 1 aliphatic heterocycles. The van der Waals surface area contributed by atoms with Crippen molar-refractivity contribution in [3.8, 4) is 0 Å². The summed E-state index contributed by atoms with van der Waals surface area (Å²) in [6, 6.07) is 8.75. The van der Waals surface area contributed by atoms with Crippen molar-refractivity contribution in [2.24, 2.45) is 0 Å². The minimum Gasteiger partial charge on any atom is -0.477 e. The van der Waals surface area contributed by atoms with E-state index in [0.29, 0.717) is 10.8 Å². The van der Waals surface area contributed by atoms with E-state index in [0.717, 1.165) is 5.56 Å². The summed E-state index contributed by atoms with van der Waals surface area (Å²) in [5.74, 6) is -0.357. The first kappa shape index (κ1) is 11.8. The highest BCUT2D eigenvalue weighted by atomic mass is 35.5. The second-order valence-corrected chi connectivity index (χ2v) is 4.61. The predicted octanol–water partition coefficient (Wildman–Crippen LogP) is 2.52. The Morgan fingerprint density at radius 1 is 1.42 bits per heavy atom. The molecular formula is C13H10ClN3O2. The highest BCUT2D eigenvalue weighted by Crippen LogP contribution is 2.30. The zero-order valence-electron chi connectivity index (χ0n) is 9.75. The second kappa shape index (κ2) is 4.44. The molecule has 0 radical (unpaired) electrons. The molecule has 5 nitrogen and oxygen atoms in total. The number of anilines is 1. The molecule has 19 heavy (non-hydrogen) atoms. The van der Waals surface area contributed by atoms with Gasteiger partial charge in [-0.3, -0.25) is 0 Å². The fraction of sp³-hybridized carbons (Fsp3) is 0.0769. The molecule has 0 bridgehead atoms. The number of aliphatic carboxylic acids is 1. The number of hydrogen-bond donors (Lipinski definition) is 2. The molecule has 2 heterocycles. The number of fused-ring (bicyclic) bond motifs is 1. The Morgan fingerprint density at radius 2 is 2.26 bits per heavy atom. The van der Waals surface area contributed by atoms with Gasteiger partial charge in [0, 0.05) is 11.1 Å². The Bertz CT molecular complexity index is 678. The Balaban J connectivity index is 2.11. The molecule has 0 aliphatic carbocycles. The first-order chi connectivity index (χ1) is 9.15. The Kier molecular flexibility index (Phi) is 2.76. The number of rotatable bonds is 2. The summed E-state index contributed by atoms with van der Waals surface area (Å²) in [6.45, 7) is 0. The van der Waals surface area contributed by atoms with E-state index in [2.05, 4.69) is 10.4 Å². The van der Waals surface area contributed by atoms with Crippen LogP contribution in [0.25, 0.3) is 0 Å². The number of aromatic nitrogens is 2. The number of halogens is 1. The number of carboxylic acid groups (broad SMARTS) is 1. The third-order valence-corrected chi connectivity index (χ3v) is 3.18. The van der Waals surface area contributed by atoms with Gasteiger partial charge in [-0.1, -0.05) is 23.7 Å². The monoisotopic (exact) mass is 275 g/mol. The lowest BCUT2D eigenvalue weighted by Gasteiger charge is -2.23. The van der Waals surface area contributed by atoms with Gasteiger partial charge in [-0.25, -0.2) is 9.48 Å². The molecule has 0 amide bonds. The van der Waals surface area contributed by atoms with Crippen LogP contribution in [0.3, 0.4) is 0 Å². The molecule has 1 aromatic heterocycles. The van der Waals surface area contributed by atoms with Gasteiger partial charge in [0.2, 0.25) is 0 Å². The molecule has 1 aliphatic rings. The van der Waals surface area contributed by atoms with Crippen molar-refractivity contribution in [1.82, 2.24) is 9.78 Å². The molecule has 96 valence electrons. The maximum atomic E-state index is 11.1. The van der Waals surface area contributed by atoms with Crippen molar-refractivity contribution in [3.63, 3.8) is 0 Å². The van der Waals surface area contributed by atoms with Crippen LogP contribution in [0.2, 0.25) is 5.02 Å². The third kappa shape index (κ3) is 2.08. The number of carbonyl (C=O) groups is 1. The zero-order chi connectivity index (χ0) is 13.4. The molecule has 2 N–H and O–H groups in total. The van der Waals surface area contributed by atoms with Crippen molar-refractivity contribution < 1.29 is 9.90 Å². The number of nitrogens with one attached hydrogen (secondary N) is 1. The van der Waals surface area contributed by atoms with Crippen LogP contribution in [-0.4, -0.2) is 20.9 Å². The van der Waals surface area contributed by atoms with Crippen molar-refractivity contribution in [1.29, 1.82) is 0 Å². The van der Waals surface area contributed by atoms with Crippen LogP contribution in [0.1, 0.15) is 11.6 Å². The van der Waals surface area contributed by atoms with Gasteiger partial charge in [-0.15, -0.1) is 0 Å². The van der Waals surface area contributed by atoms with Crippen LogP contribution in [-0.2, 0) is 4.79 Å². The van der Waals surface area contributed by atoms with E-state index in [9.17, 15) is 4.79 Å². The average Bonchev–Trinajstić information content (AvgIpc) is 2.85. The predicted molar refractivity (Wildman–Crippen MR) is 71.2 cm³/mol. The highest BCUT2D eigenvalue weighted by molar-refractivity contribution is 6.30. The van der Waals surface area contributed by atoms with Gasteiger partial charge in [0.05, 0.1) is 12.2 Å². The van der Waals surface area contributed by atoms with E-state index in [4.69, 9.17) is 16.7 Å². The topological polar surface area (TPSA) is 67.1 Å². The summed E-state index contributed by atoms with van der Waals surface area (Å²) < 4.78 is 1.72. The number of allylic oxidation sites excluding steroid dienone is 1. The molecular weight excluding hydrogens is 266 g/mol. The lowest BCUT2D eigenvalue weighted by Crippen LogP contribution is -2.23. The first-order valence-corrected chi connectivity index (χ1v) is 6.04. The Hall–Kier alpha value is -2.27. The summed E-state index contributed by atoms with van der Waals surface area (Å²) >= 11 is 5.98. The maximum Gasteiger partial charge on any atom is 0.352 e. The maximum absolute atomic E-state index is 11.1. The number of carboxylic acids is 1. The zero-order valence-corrected chi connectivity index (χ0v) is 10.5. The lowest BCUT2D eigenvalue weighted by molar-refractivity contribution is -0.132. The van der Waals surface area contributed by atoms with E-state index in [1.807, 2.05) is 12.1 Å². The standard InChI is InChI=1S/C13H10ClN3O2/c14-9-3-1-2-8(6-9)11-7-10(13(18)19)16-12-4-5-15-17(11)12/h1-7,11,16H,(H,18,19). The molecule has 1 unspecified atom stereocenters. The summed E-state index contributed by atoms with van der Waals surface area (Å²) in [5, 5.41) is 16.8. The molecule has 3 rings (SSSR count). The molecule has 0 saturated carbocycles. The molecule has 1 atom stereocenters. The number of nitrogens with zero attached hydrogens (tertiary/aromatic N) is 2. The lowest BCUT2D eigenvalue weighted by atomic mass is 10.0. The first-order valence-electron chi connectivity index (χ1n) is 5.66. The van der Waals surface area contributed by atoms with Crippen LogP contribution in [0.15, 0.2) is 48.3 Å². The summed E-state index contributed by atoms with van der Waals surface area (Å²) in [7, 11) is 0. The van der Waals surface area contributed by atoms with Gasteiger partial charge < -0.3 is 10.4 Å². The summed E-state index contributed by atoms with van der Waals surface area (Å²) in [5.41, 5.74) is 1.02. The van der Waals surface area contributed by atoms with Crippen molar-refractivity contribution in [2.75, 3.05) is 5.32 Å². The molecule has 2 aromatic rings. The van der Waals surface area contributed by atoms with Crippen LogP contribution in [0.4, 0.5) is 5.82 Å². The molecule has 1 aromatic carbocycles. The van der Waals surface area contributed by atoms with Crippen molar-refractivity contribution in [3.05, 3.63) is 58.9 Å². The average molecular weight is 276 g/mol. The van der Waals surface area contributed by atoms with Crippen LogP contribution in [0.5, 0.6) is 0 Å². The van der Waals surface area contributed by atoms with Gasteiger partial charge in [-0.05, 0) is 23.8 Å². The van der Waals surface area contributed by atoms with Crippen LogP contribution >= 0.6 is 11.6 Å². The largest absolute Gasteiger partial charge is 0.477 e. The third-order valence-electron chi connectivity index (χ3n) is 2.94. The normalized spacial score (nSPS) is 17.3. The minimum absolute atomic E-state index is 0.137. The quantitative estimate of drug-likeness (QED) is 0.884. The highest BCUT2D eigenvalue weighted by Gasteiger charge is 2.24. The number of hydrogen-bond acceptors (Lipinski definition) is 3. The smallest absolute Gasteiger partial charge is 0.352 e. The summed E-state index contributed by atoms with van der Waals surface area (Å²) in [4.78, 5) is 11.1. The molecule has 0 saturated heterocycles. The van der Waals surface area contributed by atoms with Crippen LogP contribution in [0, 0.1) is 0 Å². The van der Waals surface area contributed by atoms with Gasteiger partial charge >= 0.3 is 5.97 Å². The Labute approximate surface area is 114 Å². The van der Waals surface area contributed by atoms with E-state index in [1.54, 1.807) is 35.2 Å².